The Morgan fingerprint density at radius 2 is 1.62 bits per heavy atom. The van der Waals surface area contributed by atoms with Crippen molar-refractivity contribution < 1.29 is 19.1 Å². The molecule has 0 bridgehead atoms. The van der Waals surface area contributed by atoms with Gasteiger partial charge in [0, 0.05) is 34.2 Å². The minimum atomic E-state index is -0.296. The van der Waals surface area contributed by atoms with Crippen LogP contribution in [0, 0.1) is 0 Å². The molecule has 3 aromatic carbocycles. The summed E-state index contributed by atoms with van der Waals surface area (Å²) in [6.45, 7) is 2.42. The van der Waals surface area contributed by atoms with Gasteiger partial charge in [-0.05, 0) is 54.3 Å². The van der Waals surface area contributed by atoms with E-state index in [0.29, 0.717) is 45.3 Å². The molecule has 0 N–H and O–H groups in total. The van der Waals surface area contributed by atoms with Crippen LogP contribution in [-0.4, -0.2) is 36.2 Å². The number of benzene rings is 3. The average Bonchev–Trinajstić information content (AvgIpc) is 2.76. The van der Waals surface area contributed by atoms with Crippen molar-refractivity contribution in [2.24, 2.45) is 0 Å². The van der Waals surface area contributed by atoms with Crippen molar-refractivity contribution in [1.82, 2.24) is 4.90 Å². The van der Waals surface area contributed by atoms with Crippen molar-refractivity contribution in [2.45, 2.75) is 19.8 Å². The predicted molar refractivity (Wildman–Crippen MR) is 111 cm³/mol. The van der Waals surface area contributed by atoms with Crippen molar-refractivity contribution in [1.29, 1.82) is 0 Å². The lowest BCUT2D eigenvalue weighted by atomic mass is 9.89. The molecule has 0 saturated heterocycles. The first-order valence-corrected chi connectivity index (χ1v) is 9.67. The molecule has 3 aromatic rings. The van der Waals surface area contributed by atoms with E-state index in [0.717, 1.165) is 12.8 Å². The summed E-state index contributed by atoms with van der Waals surface area (Å²) >= 11 is 0. The zero-order valence-corrected chi connectivity index (χ0v) is 16.4. The standard InChI is InChI=1S/C24H21NO4/c1-3-4-14-25-23(27)19-7-5-6-17-18(12-13-20(21(17)19)24(25)28)22(26)15-8-10-16(29-2)11-9-15/h5-13H,3-4,14H2,1-2H3. The number of hydrogen-bond donors (Lipinski definition) is 0. The smallest absolute Gasteiger partial charge is 0.261 e. The molecule has 5 heteroatoms. The van der Waals surface area contributed by atoms with Gasteiger partial charge in [0.15, 0.2) is 5.78 Å². The highest BCUT2D eigenvalue weighted by atomic mass is 16.5. The third-order valence-electron chi connectivity index (χ3n) is 5.32. The van der Waals surface area contributed by atoms with Crippen LogP contribution in [0.2, 0.25) is 0 Å². The summed E-state index contributed by atoms with van der Waals surface area (Å²) in [6.07, 6.45) is 1.65. The fraction of sp³-hybridized carbons (Fsp3) is 0.208. The Hall–Kier alpha value is -3.47. The number of amides is 2. The highest BCUT2D eigenvalue weighted by Crippen LogP contribution is 2.33. The summed E-state index contributed by atoms with van der Waals surface area (Å²) in [6, 6.07) is 15.5. The van der Waals surface area contributed by atoms with Crippen LogP contribution in [0.25, 0.3) is 10.8 Å². The molecule has 0 spiro atoms. The maximum atomic E-state index is 13.1. The second-order valence-corrected chi connectivity index (χ2v) is 7.06. The molecule has 0 aliphatic carbocycles. The van der Waals surface area contributed by atoms with Gasteiger partial charge >= 0.3 is 0 Å². The number of methoxy groups -OCH3 is 1. The number of rotatable bonds is 6. The molecule has 1 heterocycles. The van der Waals surface area contributed by atoms with E-state index >= 15 is 0 Å². The molecule has 29 heavy (non-hydrogen) atoms. The van der Waals surface area contributed by atoms with Gasteiger partial charge in [-0.1, -0.05) is 25.5 Å². The number of carbonyl (C=O) groups excluding carboxylic acids is 3. The number of ketones is 1. The molecule has 2 amide bonds. The van der Waals surface area contributed by atoms with Crippen LogP contribution >= 0.6 is 0 Å². The Morgan fingerprint density at radius 3 is 2.28 bits per heavy atom. The molecule has 0 fully saturated rings. The van der Waals surface area contributed by atoms with Crippen LogP contribution in [0.3, 0.4) is 0 Å². The number of ether oxygens (including phenoxy) is 1. The monoisotopic (exact) mass is 387 g/mol. The van der Waals surface area contributed by atoms with Gasteiger partial charge in [-0.25, -0.2) is 0 Å². The Labute approximate surface area is 168 Å². The van der Waals surface area contributed by atoms with E-state index in [1.54, 1.807) is 61.7 Å². The molecule has 0 atom stereocenters. The highest BCUT2D eigenvalue weighted by Gasteiger charge is 2.33. The van der Waals surface area contributed by atoms with E-state index in [-0.39, 0.29) is 17.6 Å². The molecule has 0 unspecified atom stereocenters. The third-order valence-corrected chi connectivity index (χ3v) is 5.32. The molecule has 0 saturated carbocycles. The Kier molecular flexibility index (Phi) is 4.89. The largest absolute Gasteiger partial charge is 0.497 e. The topological polar surface area (TPSA) is 63.7 Å². The van der Waals surface area contributed by atoms with E-state index in [4.69, 9.17) is 4.74 Å². The number of hydrogen-bond acceptors (Lipinski definition) is 4. The maximum Gasteiger partial charge on any atom is 0.261 e. The Balaban J connectivity index is 1.83. The second-order valence-electron chi connectivity index (χ2n) is 7.06. The molecule has 0 aromatic heterocycles. The van der Waals surface area contributed by atoms with Gasteiger partial charge in [0.2, 0.25) is 0 Å². The zero-order chi connectivity index (χ0) is 20.5. The zero-order valence-electron chi connectivity index (χ0n) is 16.4. The minimum absolute atomic E-state index is 0.162. The third kappa shape index (κ3) is 3.09. The van der Waals surface area contributed by atoms with Gasteiger partial charge in [-0.15, -0.1) is 0 Å². The van der Waals surface area contributed by atoms with Gasteiger partial charge in [0.05, 0.1) is 7.11 Å². The van der Waals surface area contributed by atoms with Gasteiger partial charge in [-0.3, -0.25) is 19.3 Å². The number of unbranched alkanes of at least 4 members (excludes halogenated alkanes) is 1. The van der Waals surface area contributed by atoms with Gasteiger partial charge in [0.1, 0.15) is 5.75 Å². The molecule has 146 valence electrons. The van der Waals surface area contributed by atoms with Crippen molar-refractivity contribution in [2.75, 3.05) is 13.7 Å². The quantitative estimate of drug-likeness (QED) is 0.462. The minimum Gasteiger partial charge on any atom is -0.497 e. The first-order chi connectivity index (χ1) is 14.1. The van der Waals surface area contributed by atoms with Crippen LogP contribution in [-0.2, 0) is 0 Å². The predicted octanol–water partition coefficient (Wildman–Crippen LogP) is 4.48. The lowest BCUT2D eigenvalue weighted by molar-refractivity contribution is 0.0608. The lowest BCUT2D eigenvalue weighted by Gasteiger charge is -2.27. The molecule has 1 aliphatic heterocycles. The first kappa shape index (κ1) is 18.9. The normalized spacial score (nSPS) is 13.1. The number of imide groups is 1. The summed E-state index contributed by atoms with van der Waals surface area (Å²) in [5.74, 6) is -0.0855. The molecule has 5 nitrogen and oxygen atoms in total. The summed E-state index contributed by atoms with van der Waals surface area (Å²) < 4.78 is 5.15. The summed E-state index contributed by atoms with van der Waals surface area (Å²) in [4.78, 5) is 40.3. The van der Waals surface area contributed by atoms with Crippen LogP contribution in [0.4, 0.5) is 0 Å². The van der Waals surface area contributed by atoms with Crippen molar-refractivity contribution in [3.05, 3.63) is 76.9 Å². The Bertz CT molecular complexity index is 1110. The van der Waals surface area contributed by atoms with E-state index in [2.05, 4.69) is 0 Å². The van der Waals surface area contributed by atoms with E-state index < -0.39 is 0 Å². The van der Waals surface area contributed by atoms with E-state index in [1.807, 2.05) is 6.92 Å². The van der Waals surface area contributed by atoms with Crippen molar-refractivity contribution >= 4 is 28.4 Å². The average molecular weight is 387 g/mol. The van der Waals surface area contributed by atoms with E-state index in [9.17, 15) is 14.4 Å². The fourth-order valence-electron chi connectivity index (χ4n) is 3.76. The second kappa shape index (κ2) is 7.51. The van der Waals surface area contributed by atoms with Gasteiger partial charge in [-0.2, -0.15) is 0 Å². The first-order valence-electron chi connectivity index (χ1n) is 9.67. The van der Waals surface area contributed by atoms with Gasteiger partial charge in [0.25, 0.3) is 11.8 Å². The fourth-order valence-corrected chi connectivity index (χ4v) is 3.76. The van der Waals surface area contributed by atoms with Crippen molar-refractivity contribution in [3.8, 4) is 5.75 Å². The lowest BCUT2D eigenvalue weighted by Crippen LogP contribution is -2.40. The molecule has 0 radical (unpaired) electrons. The summed E-state index contributed by atoms with van der Waals surface area (Å²) in [7, 11) is 1.57. The van der Waals surface area contributed by atoms with Crippen LogP contribution in [0.5, 0.6) is 5.75 Å². The molecular formula is C24H21NO4. The molecule has 4 rings (SSSR count). The number of carbonyl (C=O) groups is 3. The van der Waals surface area contributed by atoms with Crippen LogP contribution < -0.4 is 4.74 Å². The van der Waals surface area contributed by atoms with Crippen molar-refractivity contribution in [3.63, 3.8) is 0 Å². The molecular weight excluding hydrogens is 366 g/mol. The highest BCUT2D eigenvalue weighted by molar-refractivity contribution is 6.28. The summed E-state index contributed by atoms with van der Waals surface area (Å²) in [5.41, 5.74) is 1.93. The van der Waals surface area contributed by atoms with Gasteiger partial charge < -0.3 is 4.74 Å². The maximum absolute atomic E-state index is 13.1. The van der Waals surface area contributed by atoms with E-state index in [1.165, 1.54) is 4.90 Å². The Morgan fingerprint density at radius 1 is 0.931 bits per heavy atom. The van der Waals surface area contributed by atoms with Crippen LogP contribution in [0.1, 0.15) is 56.4 Å². The van der Waals surface area contributed by atoms with Crippen LogP contribution in [0.15, 0.2) is 54.6 Å². The molecule has 1 aliphatic rings. The SMILES string of the molecule is CCCCN1C(=O)c2cccc3c(C(=O)c4ccc(OC)cc4)ccc(c23)C1=O. The number of nitrogens with zero attached hydrogens (tertiary/aromatic N) is 1. The summed E-state index contributed by atoms with van der Waals surface area (Å²) in [5, 5.41) is 1.19.